The molecular formula is C18H20BrN3O4. The number of rotatable bonds is 6. The zero-order valence-electron chi connectivity index (χ0n) is 14.2. The van der Waals surface area contributed by atoms with Crippen LogP contribution in [0.2, 0.25) is 0 Å². The van der Waals surface area contributed by atoms with Crippen LogP contribution in [0.3, 0.4) is 0 Å². The maximum atomic E-state index is 12.3. The molecule has 7 nitrogen and oxygen atoms in total. The second kappa shape index (κ2) is 7.99. The molecule has 8 heteroatoms. The summed E-state index contributed by atoms with van der Waals surface area (Å²) < 4.78 is 0.814. The first-order valence-electron chi connectivity index (χ1n) is 8.63. The fourth-order valence-electron chi connectivity index (χ4n) is 3.25. The highest BCUT2D eigenvalue weighted by Crippen LogP contribution is 2.31. The van der Waals surface area contributed by atoms with Crippen LogP contribution in [0, 0.1) is 5.92 Å². The van der Waals surface area contributed by atoms with E-state index in [0.29, 0.717) is 26.1 Å². The highest BCUT2D eigenvalue weighted by Gasteiger charge is 2.35. The van der Waals surface area contributed by atoms with Crippen molar-refractivity contribution in [2.24, 2.45) is 5.92 Å². The number of carbonyl (C=O) groups excluding carboxylic acids is 4. The zero-order chi connectivity index (χ0) is 18.7. The van der Waals surface area contributed by atoms with Crippen LogP contribution in [0.1, 0.15) is 25.7 Å². The van der Waals surface area contributed by atoms with Gasteiger partial charge in [-0.3, -0.25) is 24.1 Å². The summed E-state index contributed by atoms with van der Waals surface area (Å²) in [5.74, 6) is -0.944. The van der Waals surface area contributed by atoms with E-state index in [-0.39, 0.29) is 42.9 Å². The van der Waals surface area contributed by atoms with E-state index in [2.05, 4.69) is 21.2 Å². The topological polar surface area (TPSA) is 86.8 Å². The summed E-state index contributed by atoms with van der Waals surface area (Å²) in [5, 5.41) is 2.81. The van der Waals surface area contributed by atoms with Gasteiger partial charge in [0.2, 0.25) is 23.6 Å². The lowest BCUT2D eigenvalue weighted by molar-refractivity contribution is -0.138. The summed E-state index contributed by atoms with van der Waals surface area (Å²) in [6.07, 6.45) is 1.24. The Labute approximate surface area is 159 Å². The SMILES string of the molecule is O=C(NCCCN1C(=O)CCC1=O)C1CC(=O)N(c2ccccc2Br)C1. The number of likely N-dealkylation sites (tertiary alicyclic amines) is 1. The highest BCUT2D eigenvalue weighted by molar-refractivity contribution is 9.10. The van der Waals surface area contributed by atoms with E-state index in [4.69, 9.17) is 0 Å². The van der Waals surface area contributed by atoms with E-state index >= 15 is 0 Å². The molecule has 2 fully saturated rings. The molecule has 0 radical (unpaired) electrons. The third-order valence-corrected chi connectivity index (χ3v) is 5.32. The molecule has 1 atom stereocenters. The lowest BCUT2D eigenvalue weighted by Crippen LogP contribution is -2.36. The third kappa shape index (κ3) is 3.95. The maximum Gasteiger partial charge on any atom is 0.229 e. The molecule has 2 aliphatic heterocycles. The Bertz CT molecular complexity index is 736. The smallest absolute Gasteiger partial charge is 0.229 e. The predicted octanol–water partition coefficient (Wildman–Crippen LogP) is 1.46. The molecule has 2 aliphatic rings. The van der Waals surface area contributed by atoms with E-state index in [1.807, 2.05) is 24.3 Å². The van der Waals surface area contributed by atoms with Gasteiger partial charge >= 0.3 is 0 Å². The molecule has 1 aromatic carbocycles. The number of hydrogen-bond donors (Lipinski definition) is 1. The van der Waals surface area contributed by atoms with Crippen molar-refractivity contribution in [1.82, 2.24) is 10.2 Å². The second-order valence-electron chi connectivity index (χ2n) is 6.44. The Morgan fingerprint density at radius 2 is 1.81 bits per heavy atom. The molecule has 1 aromatic rings. The van der Waals surface area contributed by atoms with Crippen molar-refractivity contribution < 1.29 is 19.2 Å². The quantitative estimate of drug-likeness (QED) is 0.556. The Morgan fingerprint density at radius 3 is 2.50 bits per heavy atom. The average Bonchev–Trinajstić information content (AvgIpc) is 3.15. The number of hydrogen-bond acceptors (Lipinski definition) is 4. The minimum absolute atomic E-state index is 0.0784. The highest BCUT2D eigenvalue weighted by atomic mass is 79.9. The Morgan fingerprint density at radius 1 is 1.12 bits per heavy atom. The molecule has 1 N–H and O–H groups in total. The van der Waals surface area contributed by atoms with Gasteiger partial charge < -0.3 is 10.2 Å². The minimum atomic E-state index is -0.398. The predicted molar refractivity (Wildman–Crippen MR) is 98.2 cm³/mol. The van der Waals surface area contributed by atoms with Gasteiger partial charge in [-0.05, 0) is 34.5 Å². The number of nitrogens with zero attached hydrogens (tertiary/aromatic N) is 2. The summed E-state index contributed by atoms with van der Waals surface area (Å²) in [6.45, 7) is 1.04. The number of carbonyl (C=O) groups is 4. The maximum absolute atomic E-state index is 12.3. The lowest BCUT2D eigenvalue weighted by Gasteiger charge is -2.18. The van der Waals surface area contributed by atoms with Crippen LogP contribution in [0.4, 0.5) is 5.69 Å². The van der Waals surface area contributed by atoms with Crippen LogP contribution in [0.25, 0.3) is 0 Å². The van der Waals surface area contributed by atoms with E-state index in [0.717, 1.165) is 10.2 Å². The molecule has 2 saturated heterocycles. The molecule has 0 saturated carbocycles. The van der Waals surface area contributed by atoms with Gasteiger partial charge in [0.15, 0.2) is 0 Å². The summed E-state index contributed by atoms with van der Waals surface area (Å²) in [6, 6.07) is 7.42. The lowest BCUT2D eigenvalue weighted by atomic mass is 10.1. The molecule has 0 spiro atoms. The molecule has 2 heterocycles. The number of anilines is 1. The van der Waals surface area contributed by atoms with Crippen LogP contribution < -0.4 is 10.2 Å². The third-order valence-electron chi connectivity index (χ3n) is 4.65. The largest absolute Gasteiger partial charge is 0.356 e. The molecule has 3 rings (SSSR count). The number of benzene rings is 1. The molecule has 1 unspecified atom stereocenters. The molecule has 138 valence electrons. The molecule has 26 heavy (non-hydrogen) atoms. The summed E-state index contributed by atoms with van der Waals surface area (Å²) in [5.41, 5.74) is 0.763. The van der Waals surface area contributed by atoms with Gasteiger partial charge in [-0.1, -0.05) is 12.1 Å². The zero-order valence-corrected chi connectivity index (χ0v) is 15.8. The van der Waals surface area contributed by atoms with Crippen molar-refractivity contribution in [2.75, 3.05) is 24.5 Å². The van der Waals surface area contributed by atoms with E-state index < -0.39 is 5.92 Å². The van der Waals surface area contributed by atoms with E-state index in [9.17, 15) is 19.2 Å². The normalized spacial score (nSPS) is 20.2. The van der Waals surface area contributed by atoms with Gasteiger partial charge in [0.25, 0.3) is 0 Å². The van der Waals surface area contributed by atoms with Gasteiger partial charge in [-0.15, -0.1) is 0 Å². The summed E-state index contributed by atoms with van der Waals surface area (Å²) >= 11 is 3.43. The van der Waals surface area contributed by atoms with E-state index in [1.54, 1.807) is 4.90 Å². The Balaban J connectivity index is 1.47. The van der Waals surface area contributed by atoms with Crippen molar-refractivity contribution in [2.45, 2.75) is 25.7 Å². The number of nitrogens with one attached hydrogen (secondary N) is 1. The van der Waals surface area contributed by atoms with Gasteiger partial charge in [0, 0.05) is 43.4 Å². The molecular weight excluding hydrogens is 402 g/mol. The van der Waals surface area contributed by atoms with Gasteiger partial charge in [-0.25, -0.2) is 0 Å². The van der Waals surface area contributed by atoms with Crippen LogP contribution >= 0.6 is 15.9 Å². The van der Waals surface area contributed by atoms with Crippen molar-refractivity contribution in [3.63, 3.8) is 0 Å². The van der Waals surface area contributed by atoms with Crippen molar-refractivity contribution in [1.29, 1.82) is 0 Å². The average molecular weight is 422 g/mol. The fourth-order valence-corrected chi connectivity index (χ4v) is 3.75. The molecule has 4 amide bonds. The first-order valence-corrected chi connectivity index (χ1v) is 9.42. The number of imide groups is 1. The number of amides is 4. The molecule has 0 bridgehead atoms. The van der Waals surface area contributed by atoms with Crippen LogP contribution in [-0.4, -0.2) is 48.2 Å². The van der Waals surface area contributed by atoms with Gasteiger partial charge in [0.1, 0.15) is 0 Å². The van der Waals surface area contributed by atoms with Gasteiger partial charge in [-0.2, -0.15) is 0 Å². The number of para-hydroxylation sites is 1. The minimum Gasteiger partial charge on any atom is -0.356 e. The van der Waals surface area contributed by atoms with Gasteiger partial charge in [0.05, 0.1) is 11.6 Å². The van der Waals surface area contributed by atoms with Crippen LogP contribution in [0.15, 0.2) is 28.7 Å². The fraction of sp³-hybridized carbons (Fsp3) is 0.444. The standard InChI is InChI=1S/C18H20BrN3O4/c19-13-4-1-2-5-14(13)22-11-12(10-17(22)25)18(26)20-8-3-9-21-15(23)6-7-16(21)24/h1-2,4-5,12H,3,6-11H2,(H,20,26). The Hall–Kier alpha value is -2.22. The molecule has 0 aromatic heterocycles. The summed E-state index contributed by atoms with van der Waals surface area (Å²) in [7, 11) is 0. The number of halogens is 1. The second-order valence-corrected chi connectivity index (χ2v) is 7.29. The first kappa shape index (κ1) is 18.6. The van der Waals surface area contributed by atoms with Crippen LogP contribution in [-0.2, 0) is 19.2 Å². The van der Waals surface area contributed by atoms with Crippen molar-refractivity contribution in [3.8, 4) is 0 Å². The van der Waals surface area contributed by atoms with Crippen LogP contribution in [0.5, 0.6) is 0 Å². The van der Waals surface area contributed by atoms with Crippen molar-refractivity contribution >= 4 is 45.2 Å². The van der Waals surface area contributed by atoms with Crippen molar-refractivity contribution in [3.05, 3.63) is 28.7 Å². The van der Waals surface area contributed by atoms with E-state index in [1.165, 1.54) is 4.90 Å². The Kier molecular flexibility index (Phi) is 5.70. The molecule has 0 aliphatic carbocycles. The monoisotopic (exact) mass is 421 g/mol. The summed E-state index contributed by atoms with van der Waals surface area (Å²) in [4.78, 5) is 50.5. The first-order chi connectivity index (χ1) is 12.5.